The van der Waals surface area contributed by atoms with Crippen LogP contribution in [-0.2, 0) is 14.8 Å². The van der Waals surface area contributed by atoms with E-state index >= 15 is 0 Å². The smallest absolute Gasteiger partial charge is 0.303 e. The van der Waals surface area contributed by atoms with Crippen LogP contribution in [0.2, 0.25) is 0 Å². The molecule has 0 unspecified atom stereocenters. The summed E-state index contributed by atoms with van der Waals surface area (Å²) in [6.45, 7) is 2.02. The zero-order valence-corrected chi connectivity index (χ0v) is 13.2. The molecule has 0 aliphatic heterocycles. The summed E-state index contributed by atoms with van der Waals surface area (Å²) >= 11 is 4.45. The Kier molecular flexibility index (Phi) is 5.32. The summed E-state index contributed by atoms with van der Waals surface area (Å²) in [6, 6.07) is 1.61. The van der Waals surface area contributed by atoms with Gasteiger partial charge in [-0.15, -0.1) is 11.3 Å². The molecule has 1 aromatic heterocycles. The Hall–Kier alpha value is -0.440. The van der Waals surface area contributed by atoms with E-state index in [1.807, 2.05) is 6.92 Å². The molecule has 1 aromatic rings. The highest BCUT2D eigenvalue weighted by molar-refractivity contribution is 9.11. The summed E-state index contributed by atoms with van der Waals surface area (Å²) in [4.78, 5) is 10.4. The minimum Gasteiger partial charge on any atom is -0.481 e. The summed E-state index contributed by atoms with van der Waals surface area (Å²) < 4.78 is 26.5. The Balaban J connectivity index is 2.77. The van der Waals surface area contributed by atoms with Crippen molar-refractivity contribution < 1.29 is 18.3 Å². The fourth-order valence-corrected chi connectivity index (χ4v) is 4.93. The minimum absolute atomic E-state index is 0.0347. The summed E-state index contributed by atoms with van der Waals surface area (Å²) in [5.41, 5.74) is 0.873. The fourth-order valence-electron chi connectivity index (χ4n) is 1.29. The molecule has 1 heterocycles. The Morgan fingerprint density at radius 3 is 2.61 bits per heavy atom. The van der Waals surface area contributed by atoms with E-state index in [1.165, 1.54) is 11.4 Å². The van der Waals surface area contributed by atoms with Crippen molar-refractivity contribution in [3.05, 3.63) is 15.4 Å². The Labute approximate surface area is 119 Å². The van der Waals surface area contributed by atoms with Gasteiger partial charge in [0.1, 0.15) is 4.21 Å². The summed E-state index contributed by atoms with van der Waals surface area (Å²) in [7, 11) is -2.05. The number of halogens is 1. The number of carboxylic acids is 1. The minimum atomic E-state index is -3.51. The van der Waals surface area contributed by atoms with Crippen LogP contribution in [0.1, 0.15) is 18.4 Å². The van der Waals surface area contributed by atoms with Crippen LogP contribution in [0, 0.1) is 6.92 Å². The Bertz CT molecular complexity index is 519. The molecule has 0 aliphatic rings. The van der Waals surface area contributed by atoms with Crippen molar-refractivity contribution >= 4 is 43.3 Å². The van der Waals surface area contributed by atoms with Crippen molar-refractivity contribution in [1.29, 1.82) is 0 Å². The van der Waals surface area contributed by atoms with E-state index in [0.29, 0.717) is 6.42 Å². The van der Waals surface area contributed by atoms with Crippen molar-refractivity contribution in [2.24, 2.45) is 0 Å². The van der Waals surface area contributed by atoms with E-state index in [9.17, 15) is 13.2 Å². The number of nitrogens with zero attached hydrogens (tertiary/aromatic N) is 1. The van der Waals surface area contributed by atoms with Gasteiger partial charge in [0.15, 0.2) is 0 Å². The number of aliphatic carboxylic acids is 1. The molecule has 0 fully saturated rings. The zero-order chi connectivity index (χ0) is 13.9. The molecule has 0 aromatic carbocycles. The SMILES string of the molecule is Cc1cc(S(=O)(=O)N(C)CCCC(=O)O)sc1Br. The number of rotatable bonds is 6. The first-order chi connectivity index (χ1) is 8.25. The van der Waals surface area contributed by atoms with Crippen LogP contribution >= 0.6 is 27.3 Å². The highest BCUT2D eigenvalue weighted by atomic mass is 79.9. The summed E-state index contributed by atoms with van der Waals surface area (Å²) in [6.07, 6.45) is 0.267. The third-order valence-corrected chi connectivity index (χ3v) is 6.81. The number of carbonyl (C=O) groups is 1. The maximum absolute atomic E-state index is 12.1. The van der Waals surface area contributed by atoms with E-state index in [2.05, 4.69) is 15.9 Å². The molecule has 0 saturated heterocycles. The molecular formula is C10H14BrNO4S2. The van der Waals surface area contributed by atoms with E-state index in [0.717, 1.165) is 20.7 Å². The van der Waals surface area contributed by atoms with Crippen LogP contribution in [-0.4, -0.2) is 37.4 Å². The lowest BCUT2D eigenvalue weighted by Crippen LogP contribution is -2.27. The predicted molar refractivity (Wildman–Crippen MR) is 73.4 cm³/mol. The van der Waals surface area contributed by atoms with Gasteiger partial charge in [0, 0.05) is 20.0 Å². The van der Waals surface area contributed by atoms with Crippen molar-refractivity contribution in [3.8, 4) is 0 Å². The normalized spacial score (nSPS) is 12.0. The molecule has 102 valence electrons. The van der Waals surface area contributed by atoms with Crippen molar-refractivity contribution in [2.75, 3.05) is 13.6 Å². The quantitative estimate of drug-likeness (QED) is 0.849. The van der Waals surface area contributed by atoms with Crippen LogP contribution < -0.4 is 0 Å². The number of aryl methyl sites for hydroxylation is 1. The standard InChI is InChI=1S/C10H14BrNO4S2/c1-7-6-9(17-10(7)11)18(15,16)12(2)5-3-4-8(13)14/h6H,3-5H2,1-2H3,(H,13,14). The Morgan fingerprint density at radius 1 is 1.56 bits per heavy atom. The maximum Gasteiger partial charge on any atom is 0.303 e. The molecule has 5 nitrogen and oxygen atoms in total. The maximum atomic E-state index is 12.1. The topological polar surface area (TPSA) is 74.7 Å². The zero-order valence-electron chi connectivity index (χ0n) is 10.0. The second-order valence-electron chi connectivity index (χ2n) is 3.85. The third-order valence-electron chi connectivity index (χ3n) is 2.36. The van der Waals surface area contributed by atoms with Gasteiger partial charge < -0.3 is 5.11 Å². The van der Waals surface area contributed by atoms with Gasteiger partial charge in [-0.3, -0.25) is 4.79 Å². The second kappa shape index (κ2) is 6.14. The highest BCUT2D eigenvalue weighted by Gasteiger charge is 2.23. The van der Waals surface area contributed by atoms with Crippen molar-refractivity contribution in [3.63, 3.8) is 0 Å². The second-order valence-corrected chi connectivity index (χ2v) is 8.49. The van der Waals surface area contributed by atoms with Crippen LogP contribution in [0.15, 0.2) is 14.1 Å². The molecule has 1 N–H and O–H groups in total. The van der Waals surface area contributed by atoms with Crippen LogP contribution in [0.25, 0.3) is 0 Å². The summed E-state index contributed by atoms with van der Waals surface area (Å²) in [5, 5.41) is 8.51. The van der Waals surface area contributed by atoms with Gasteiger partial charge in [0.25, 0.3) is 10.0 Å². The average Bonchev–Trinajstić information content (AvgIpc) is 2.59. The third kappa shape index (κ3) is 3.78. The van der Waals surface area contributed by atoms with Gasteiger partial charge in [0.2, 0.25) is 0 Å². The lowest BCUT2D eigenvalue weighted by atomic mass is 10.3. The number of thiophene rings is 1. The molecule has 0 atom stereocenters. The molecule has 0 aliphatic carbocycles. The number of carboxylic acid groups (broad SMARTS) is 1. The lowest BCUT2D eigenvalue weighted by Gasteiger charge is -2.15. The number of hydrogen-bond acceptors (Lipinski definition) is 4. The van der Waals surface area contributed by atoms with E-state index in [-0.39, 0.29) is 17.2 Å². The van der Waals surface area contributed by atoms with Gasteiger partial charge in [-0.05, 0) is 40.9 Å². The molecular weight excluding hydrogens is 342 g/mol. The Morgan fingerprint density at radius 2 is 2.17 bits per heavy atom. The lowest BCUT2D eigenvalue weighted by molar-refractivity contribution is -0.137. The van der Waals surface area contributed by atoms with Crippen LogP contribution in [0.5, 0.6) is 0 Å². The van der Waals surface area contributed by atoms with Gasteiger partial charge in [-0.25, -0.2) is 12.7 Å². The molecule has 0 saturated carbocycles. The van der Waals surface area contributed by atoms with Gasteiger partial charge in [0.05, 0.1) is 3.79 Å². The van der Waals surface area contributed by atoms with Crippen LogP contribution in [0.4, 0.5) is 0 Å². The largest absolute Gasteiger partial charge is 0.481 e. The molecule has 0 spiro atoms. The van der Waals surface area contributed by atoms with Gasteiger partial charge in [-0.1, -0.05) is 0 Å². The molecule has 8 heteroatoms. The molecule has 18 heavy (non-hydrogen) atoms. The van der Waals surface area contributed by atoms with E-state index in [4.69, 9.17) is 5.11 Å². The molecule has 0 bridgehead atoms. The first-order valence-electron chi connectivity index (χ1n) is 5.19. The first kappa shape index (κ1) is 15.6. The molecule has 0 radical (unpaired) electrons. The predicted octanol–water partition coefficient (Wildman–Crippen LogP) is 2.30. The molecule has 0 amide bonds. The first-order valence-corrected chi connectivity index (χ1v) is 8.24. The van der Waals surface area contributed by atoms with E-state index in [1.54, 1.807) is 6.07 Å². The van der Waals surface area contributed by atoms with E-state index < -0.39 is 16.0 Å². The van der Waals surface area contributed by atoms with Gasteiger partial charge in [-0.2, -0.15) is 0 Å². The molecule has 1 rings (SSSR count). The van der Waals surface area contributed by atoms with Gasteiger partial charge >= 0.3 is 5.97 Å². The average molecular weight is 356 g/mol. The summed E-state index contributed by atoms with van der Waals surface area (Å²) in [5.74, 6) is -0.921. The fraction of sp³-hybridized carbons (Fsp3) is 0.500. The van der Waals surface area contributed by atoms with Crippen molar-refractivity contribution in [2.45, 2.75) is 24.0 Å². The van der Waals surface area contributed by atoms with Crippen LogP contribution in [0.3, 0.4) is 0 Å². The highest BCUT2D eigenvalue weighted by Crippen LogP contribution is 2.31. The van der Waals surface area contributed by atoms with Crippen molar-refractivity contribution in [1.82, 2.24) is 4.31 Å². The monoisotopic (exact) mass is 355 g/mol. The number of hydrogen-bond donors (Lipinski definition) is 1. The number of sulfonamides is 1.